The van der Waals surface area contributed by atoms with Crippen LogP contribution < -0.4 is 21.5 Å². The second-order valence-electron chi connectivity index (χ2n) is 7.11. The van der Waals surface area contributed by atoms with Gasteiger partial charge in [0.1, 0.15) is 11.2 Å². The van der Waals surface area contributed by atoms with E-state index in [2.05, 4.69) is 15.2 Å². The zero-order valence-corrected chi connectivity index (χ0v) is 17.6. The van der Waals surface area contributed by atoms with E-state index in [4.69, 9.17) is 11.6 Å². The molecule has 1 N–H and O–H groups in total. The SMILES string of the molecule is Cc1ccc(NC(=O)Cn2c(=O)n(C)c(=O)c3sc(N4CCCC4)nc32)c(Cl)c1. The highest BCUT2D eigenvalue weighted by molar-refractivity contribution is 7.22. The number of rotatable bonds is 4. The maximum absolute atomic E-state index is 12.7. The molecule has 3 aromatic rings. The number of aryl methyl sites for hydroxylation is 1. The minimum Gasteiger partial charge on any atom is -0.348 e. The van der Waals surface area contributed by atoms with Crippen LogP contribution in [0.3, 0.4) is 0 Å². The van der Waals surface area contributed by atoms with E-state index in [1.54, 1.807) is 12.1 Å². The lowest BCUT2D eigenvalue weighted by Crippen LogP contribution is -2.39. The predicted molar refractivity (Wildman–Crippen MR) is 115 cm³/mol. The number of anilines is 2. The predicted octanol–water partition coefficient (Wildman–Crippen LogP) is 2.36. The minimum absolute atomic E-state index is 0.246. The summed E-state index contributed by atoms with van der Waals surface area (Å²) in [5.74, 6) is -0.423. The number of carbonyl (C=O) groups is 1. The number of hydrogen-bond donors (Lipinski definition) is 1. The van der Waals surface area contributed by atoms with Crippen molar-refractivity contribution in [2.24, 2.45) is 7.05 Å². The average Bonchev–Trinajstić information content (AvgIpc) is 3.35. The smallest absolute Gasteiger partial charge is 0.332 e. The maximum Gasteiger partial charge on any atom is 0.332 e. The van der Waals surface area contributed by atoms with Crippen LogP contribution in [0, 0.1) is 6.92 Å². The lowest BCUT2D eigenvalue weighted by atomic mass is 10.2. The largest absolute Gasteiger partial charge is 0.348 e. The molecule has 0 unspecified atom stereocenters. The highest BCUT2D eigenvalue weighted by atomic mass is 35.5. The summed E-state index contributed by atoms with van der Waals surface area (Å²) in [4.78, 5) is 44.5. The van der Waals surface area contributed by atoms with Crippen molar-refractivity contribution < 1.29 is 4.79 Å². The molecule has 0 bridgehead atoms. The number of nitrogens with one attached hydrogen (secondary N) is 1. The third-order valence-electron chi connectivity index (χ3n) is 4.95. The Morgan fingerprint density at radius 2 is 2.00 bits per heavy atom. The first-order chi connectivity index (χ1) is 13.8. The third kappa shape index (κ3) is 3.67. The molecule has 8 nitrogen and oxygen atoms in total. The van der Waals surface area contributed by atoms with Gasteiger partial charge < -0.3 is 10.2 Å². The van der Waals surface area contributed by atoms with Gasteiger partial charge in [0.25, 0.3) is 5.56 Å². The van der Waals surface area contributed by atoms with E-state index in [1.165, 1.54) is 23.0 Å². The lowest BCUT2D eigenvalue weighted by Gasteiger charge is -2.12. The Balaban J connectivity index is 1.71. The van der Waals surface area contributed by atoms with E-state index < -0.39 is 17.2 Å². The van der Waals surface area contributed by atoms with Gasteiger partial charge >= 0.3 is 5.69 Å². The lowest BCUT2D eigenvalue weighted by molar-refractivity contribution is -0.116. The number of thiazole rings is 1. The fraction of sp³-hybridized carbons (Fsp3) is 0.368. The summed E-state index contributed by atoms with van der Waals surface area (Å²) in [6.45, 7) is 3.38. The van der Waals surface area contributed by atoms with Crippen LogP contribution in [0.2, 0.25) is 5.02 Å². The van der Waals surface area contributed by atoms with E-state index >= 15 is 0 Å². The fourth-order valence-electron chi connectivity index (χ4n) is 3.38. The van der Waals surface area contributed by atoms with Crippen molar-refractivity contribution in [2.45, 2.75) is 26.3 Å². The monoisotopic (exact) mass is 433 g/mol. The zero-order chi connectivity index (χ0) is 20.7. The number of fused-ring (bicyclic) bond motifs is 1. The molecule has 0 saturated carbocycles. The summed E-state index contributed by atoms with van der Waals surface area (Å²) in [5, 5.41) is 3.84. The molecule has 1 saturated heterocycles. The molecule has 0 radical (unpaired) electrons. The van der Waals surface area contributed by atoms with Crippen molar-refractivity contribution in [3.8, 4) is 0 Å². The number of carbonyl (C=O) groups excluding carboxylic acids is 1. The molecule has 4 rings (SSSR count). The molecule has 1 aromatic carbocycles. The molecule has 1 amide bonds. The van der Waals surface area contributed by atoms with Crippen LogP contribution in [0.15, 0.2) is 27.8 Å². The summed E-state index contributed by atoms with van der Waals surface area (Å²) in [6, 6.07) is 5.29. The molecule has 0 spiro atoms. The van der Waals surface area contributed by atoms with Gasteiger partial charge in [0.05, 0.1) is 10.7 Å². The van der Waals surface area contributed by atoms with Crippen molar-refractivity contribution in [3.05, 3.63) is 49.6 Å². The highest BCUT2D eigenvalue weighted by Crippen LogP contribution is 2.28. The Morgan fingerprint density at radius 1 is 1.28 bits per heavy atom. The van der Waals surface area contributed by atoms with Crippen molar-refractivity contribution in [2.75, 3.05) is 23.3 Å². The van der Waals surface area contributed by atoms with E-state index in [1.807, 2.05) is 13.0 Å². The highest BCUT2D eigenvalue weighted by Gasteiger charge is 2.22. The van der Waals surface area contributed by atoms with Crippen molar-refractivity contribution in [1.29, 1.82) is 0 Å². The number of amides is 1. The summed E-state index contributed by atoms with van der Waals surface area (Å²) in [5.41, 5.74) is 0.709. The molecular formula is C19H20ClN5O3S. The summed E-state index contributed by atoms with van der Waals surface area (Å²) in [7, 11) is 1.41. The summed E-state index contributed by atoms with van der Waals surface area (Å²) in [6.07, 6.45) is 2.14. The molecule has 2 aromatic heterocycles. The van der Waals surface area contributed by atoms with Crippen LogP contribution in [0.4, 0.5) is 10.8 Å². The molecule has 1 aliphatic heterocycles. The topological polar surface area (TPSA) is 89.2 Å². The number of nitrogens with zero attached hydrogens (tertiary/aromatic N) is 4. The second kappa shape index (κ2) is 7.64. The van der Waals surface area contributed by atoms with Gasteiger partial charge in [0.15, 0.2) is 10.8 Å². The van der Waals surface area contributed by atoms with E-state index in [0.717, 1.165) is 36.1 Å². The van der Waals surface area contributed by atoms with E-state index in [-0.39, 0.29) is 12.2 Å². The zero-order valence-electron chi connectivity index (χ0n) is 16.1. The van der Waals surface area contributed by atoms with Crippen LogP contribution in [0.25, 0.3) is 10.3 Å². The number of benzene rings is 1. The van der Waals surface area contributed by atoms with Crippen molar-refractivity contribution in [3.63, 3.8) is 0 Å². The molecular weight excluding hydrogens is 414 g/mol. The molecule has 29 heavy (non-hydrogen) atoms. The first-order valence-electron chi connectivity index (χ1n) is 9.26. The van der Waals surface area contributed by atoms with Crippen LogP contribution in [-0.2, 0) is 18.4 Å². The van der Waals surface area contributed by atoms with Gasteiger partial charge in [-0.2, -0.15) is 0 Å². The van der Waals surface area contributed by atoms with Crippen molar-refractivity contribution >= 4 is 50.0 Å². The standard InChI is InChI=1S/C19H20ClN5O3S/c1-11-5-6-13(12(20)9-11)21-14(26)10-25-16-15(17(27)23(2)19(25)28)29-18(22-16)24-7-3-4-8-24/h5-6,9H,3-4,7-8,10H2,1-2H3,(H,21,26). The first kappa shape index (κ1) is 19.7. The molecule has 1 fully saturated rings. The van der Waals surface area contributed by atoms with Gasteiger partial charge in [-0.1, -0.05) is 29.0 Å². The Morgan fingerprint density at radius 3 is 2.69 bits per heavy atom. The van der Waals surface area contributed by atoms with Gasteiger partial charge in [-0.05, 0) is 37.5 Å². The summed E-state index contributed by atoms with van der Waals surface area (Å²) >= 11 is 7.44. The quantitative estimate of drug-likeness (QED) is 0.682. The molecule has 0 atom stereocenters. The Kier molecular flexibility index (Phi) is 5.18. The molecule has 1 aliphatic rings. The van der Waals surface area contributed by atoms with Gasteiger partial charge in [-0.3, -0.25) is 18.7 Å². The Hall–Kier alpha value is -2.65. The number of hydrogen-bond acceptors (Lipinski definition) is 6. The van der Waals surface area contributed by atoms with Gasteiger partial charge in [0, 0.05) is 20.1 Å². The third-order valence-corrected chi connectivity index (χ3v) is 6.35. The number of aromatic nitrogens is 3. The van der Waals surface area contributed by atoms with E-state index in [0.29, 0.717) is 20.5 Å². The maximum atomic E-state index is 12.7. The minimum atomic E-state index is -0.578. The summed E-state index contributed by atoms with van der Waals surface area (Å²) < 4.78 is 2.63. The number of halogens is 1. The normalized spacial score (nSPS) is 14.0. The first-order valence-corrected chi connectivity index (χ1v) is 10.5. The van der Waals surface area contributed by atoms with Gasteiger partial charge in [0.2, 0.25) is 5.91 Å². The Labute approximate surface area is 175 Å². The van der Waals surface area contributed by atoms with Gasteiger partial charge in [-0.15, -0.1) is 0 Å². The second-order valence-corrected chi connectivity index (χ2v) is 8.49. The van der Waals surface area contributed by atoms with Gasteiger partial charge in [-0.25, -0.2) is 9.78 Å². The molecule has 0 aliphatic carbocycles. The molecule has 152 valence electrons. The van der Waals surface area contributed by atoms with Crippen LogP contribution in [-0.4, -0.2) is 33.1 Å². The Bertz CT molecular complexity index is 1220. The van der Waals surface area contributed by atoms with Crippen LogP contribution in [0.1, 0.15) is 18.4 Å². The average molecular weight is 434 g/mol. The molecule has 3 heterocycles. The van der Waals surface area contributed by atoms with Crippen molar-refractivity contribution in [1.82, 2.24) is 14.1 Å². The van der Waals surface area contributed by atoms with Crippen LogP contribution >= 0.6 is 22.9 Å². The van der Waals surface area contributed by atoms with E-state index in [9.17, 15) is 14.4 Å². The van der Waals surface area contributed by atoms with Crippen LogP contribution in [0.5, 0.6) is 0 Å². The molecule has 10 heteroatoms. The fourth-order valence-corrected chi connectivity index (χ4v) is 4.76.